The topological polar surface area (TPSA) is 40.5 Å². The molecule has 0 aromatic rings. The standard InChI is InChI=1S/C10H17NO2/c12-10(13)9-6-8(9)7-11-4-2-1-3-5-11/h8-9H,1-7H2,(H,12,13)/t8-,9+/m0/s1. The summed E-state index contributed by atoms with van der Waals surface area (Å²) >= 11 is 0. The van der Waals surface area contributed by atoms with E-state index in [0.717, 1.165) is 13.0 Å². The van der Waals surface area contributed by atoms with Crippen molar-refractivity contribution in [2.75, 3.05) is 19.6 Å². The van der Waals surface area contributed by atoms with E-state index in [4.69, 9.17) is 5.11 Å². The summed E-state index contributed by atoms with van der Waals surface area (Å²) < 4.78 is 0. The third-order valence-electron chi connectivity index (χ3n) is 3.18. The van der Waals surface area contributed by atoms with Crippen LogP contribution in [-0.4, -0.2) is 35.6 Å². The van der Waals surface area contributed by atoms with Gasteiger partial charge in [-0.2, -0.15) is 0 Å². The van der Waals surface area contributed by atoms with E-state index in [1.807, 2.05) is 0 Å². The molecule has 1 aliphatic heterocycles. The molecule has 0 amide bonds. The van der Waals surface area contributed by atoms with Gasteiger partial charge < -0.3 is 10.0 Å². The van der Waals surface area contributed by atoms with Gasteiger partial charge in [0, 0.05) is 6.54 Å². The minimum absolute atomic E-state index is 0.0260. The van der Waals surface area contributed by atoms with Crippen LogP contribution in [0.25, 0.3) is 0 Å². The van der Waals surface area contributed by atoms with Crippen molar-refractivity contribution in [3.63, 3.8) is 0 Å². The Bertz CT molecular complexity index is 199. The van der Waals surface area contributed by atoms with Crippen LogP contribution in [0.4, 0.5) is 0 Å². The van der Waals surface area contributed by atoms with E-state index in [2.05, 4.69) is 4.90 Å². The molecule has 3 nitrogen and oxygen atoms in total. The van der Waals surface area contributed by atoms with Gasteiger partial charge in [-0.1, -0.05) is 6.42 Å². The number of carbonyl (C=O) groups is 1. The lowest BCUT2D eigenvalue weighted by atomic mass is 10.1. The third-order valence-corrected chi connectivity index (χ3v) is 3.18. The summed E-state index contributed by atoms with van der Waals surface area (Å²) in [6.07, 6.45) is 4.85. The van der Waals surface area contributed by atoms with Gasteiger partial charge in [0.2, 0.25) is 0 Å². The summed E-state index contributed by atoms with van der Waals surface area (Å²) in [4.78, 5) is 13.0. The van der Waals surface area contributed by atoms with Gasteiger partial charge in [-0.25, -0.2) is 0 Å². The van der Waals surface area contributed by atoms with Gasteiger partial charge in [0.15, 0.2) is 0 Å². The van der Waals surface area contributed by atoms with E-state index in [9.17, 15) is 4.79 Å². The monoisotopic (exact) mass is 183 g/mol. The molecule has 0 spiro atoms. The predicted molar refractivity (Wildman–Crippen MR) is 49.5 cm³/mol. The molecule has 1 heterocycles. The quantitative estimate of drug-likeness (QED) is 0.714. The molecule has 0 unspecified atom stereocenters. The lowest BCUT2D eigenvalue weighted by Crippen LogP contribution is -2.32. The molecule has 0 aromatic carbocycles. The van der Waals surface area contributed by atoms with E-state index >= 15 is 0 Å². The van der Waals surface area contributed by atoms with Crippen LogP contribution in [0, 0.1) is 11.8 Å². The van der Waals surface area contributed by atoms with Crippen LogP contribution in [-0.2, 0) is 4.79 Å². The Morgan fingerprint density at radius 3 is 2.54 bits per heavy atom. The van der Waals surface area contributed by atoms with Gasteiger partial charge in [-0.3, -0.25) is 4.79 Å². The van der Waals surface area contributed by atoms with Crippen molar-refractivity contribution in [1.82, 2.24) is 4.90 Å². The molecular formula is C10H17NO2. The molecule has 1 N–H and O–H groups in total. The van der Waals surface area contributed by atoms with E-state index < -0.39 is 5.97 Å². The van der Waals surface area contributed by atoms with Gasteiger partial charge in [0.1, 0.15) is 0 Å². The molecular weight excluding hydrogens is 166 g/mol. The summed E-state index contributed by atoms with van der Waals surface area (Å²) in [6, 6.07) is 0. The minimum Gasteiger partial charge on any atom is -0.481 e. The lowest BCUT2D eigenvalue weighted by molar-refractivity contribution is -0.138. The normalized spacial score (nSPS) is 34.5. The number of likely N-dealkylation sites (tertiary alicyclic amines) is 1. The molecule has 0 bridgehead atoms. The number of rotatable bonds is 3. The van der Waals surface area contributed by atoms with Gasteiger partial charge in [-0.15, -0.1) is 0 Å². The third kappa shape index (κ3) is 2.21. The van der Waals surface area contributed by atoms with Crippen molar-refractivity contribution in [3.8, 4) is 0 Å². The maximum atomic E-state index is 10.6. The Hall–Kier alpha value is -0.570. The first-order valence-corrected chi connectivity index (χ1v) is 5.22. The second-order valence-electron chi connectivity index (χ2n) is 4.30. The van der Waals surface area contributed by atoms with Gasteiger partial charge in [0.25, 0.3) is 0 Å². The Labute approximate surface area is 78.7 Å². The average molecular weight is 183 g/mol. The van der Waals surface area contributed by atoms with Gasteiger partial charge >= 0.3 is 5.97 Å². The van der Waals surface area contributed by atoms with Crippen LogP contribution in [0.1, 0.15) is 25.7 Å². The lowest BCUT2D eigenvalue weighted by Gasteiger charge is -2.26. The number of carboxylic acids is 1. The Kier molecular flexibility index (Phi) is 2.54. The van der Waals surface area contributed by atoms with Crippen molar-refractivity contribution in [2.45, 2.75) is 25.7 Å². The number of hydrogen-bond donors (Lipinski definition) is 1. The number of nitrogens with zero attached hydrogens (tertiary/aromatic N) is 1. The Balaban J connectivity index is 1.70. The Morgan fingerprint density at radius 2 is 2.00 bits per heavy atom. The highest BCUT2D eigenvalue weighted by Crippen LogP contribution is 2.39. The predicted octanol–water partition coefficient (Wildman–Crippen LogP) is 1.19. The zero-order chi connectivity index (χ0) is 9.26. The van der Waals surface area contributed by atoms with Crippen LogP contribution in [0.2, 0.25) is 0 Å². The van der Waals surface area contributed by atoms with Crippen molar-refractivity contribution in [2.24, 2.45) is 11.8 Å². The molecule has 3 heteroatoms. The summed E-state index contributed by atoms with van der Waals surface area (Å²) in [5.74, 6) is -0.167. The summed E-state index contributed by atoms with van der Waals surface area (Å²) in [6.45, 7) is 3.39. The fraction of sp³-hybridized carbons (Fsp3) is 0.900. The van der Waals surface area contributed by atoms with Crippen LogP contribution in [0.5, 0.6) is 0 Å². The zero-order valence-electron chi connectivity index (χ0n) is 7.91. The zero-order valence-corrected chi connectivity index (χ0v) is 7.91. The summed E-state index contributed by atoms with van der Waals surface area (Å²) in [5, 5.41) is 8.73. The van der Waals surface area contributed by atoms with Crippen molar-refractivity contribution < 1.29 is 9.90 Å². The smallest absolute Gasteiger partial charge is 0.306 e. The highest BCUT2D eigenvalue weighted by molar-refractivity contribution is 5.73. The first-order chi connectivity index (χ1) is 6.27. The molecule has 1 saturated carbocycles. The first kappa shape index (κ1) is 9.00. The second kappa shape index (κ2) is 3.66. The number of aliphatic carboxylic acids is 1. The van der Waals surface area contributed by atoms with Gasteiger partial charge in [-0.05, 0) is 38.3 Å². The maximum absolute atomic E-state index is 10.6. The molecule has 2 rings (SSSR count). The fourth-order valence-electron chi connectivity index (χ4n) is 2.23. The number of piperidine rings is 1. The number of hydrogen-bond acceptors (Lipinski definition) is 2. The molecule has 0 aromatic heterocycles. The molecule has 1 aliphatic carbocycles. The average Bonchev–Trinajstić information content (AvgIpc) is 2.86. The maximum Gasteiger partial charge on any atom is 0.306 e. The van der Waals surface area contributed by atoms with Crippen molar-refractivity contribution in [3.05, 3.63) is 0 Å². The van der Waals surface area contributed by atoms with E-state index in [-0.39, 0.29) is 5.92 Å². The highest BCUT2D eigenvalue weighted by Gasteiger charge is 2.43. The molecule has 2 aliphatic rings. The molecule has 0 radical (unpaired) electrons. The van der Waals surface area contributed by atoms with Crippen molar-refractivity contribution in [1.29, 1.82) is 0 Å². The molecule has 13 heavy (non-hydrogen) atoms. The first-order valence-electron chi connectivity index (χ1n) is 5.22. The van der Waals surface area contributed by atoms with E-state index in [0.29, 0.717) is 5.92 Å². The van der Waals surface area contributed by atoms with E-state index in [1.165, 1.54) is 32.4 Å². The highest BCUT2D eigenvalue weighted by atomic mass is 16.4. The van der Waals surface area contributed by atoms with Crippen LogP contribution in [0.3, 0.4) is 0 Å². The largest absolute Gasteiger partial charge is 0.481 e. The minimum atomic E-state index is -0.595. The molecule has 74 valence electrons. The summed E-state index contributed by atoms with van der Waals surface area (Å²) in [5.41, 5.74) is 0. The number of carboxylic acid groups (broad SMARTS) is 1. The van der Waals surface area contributed by atoms with Crippen LogP contribution >= 0.6 is 0 Å². The van der Waals surface area contributed by atoms with Gasteiger partial charge in [0.05, 0.1) is 5.92 Å². The SMILES string of the molecule is O=C(O)[C@@H]1C[C@H]1CN1CCCCC1. The fourth-order valence-corrected chi connectivity index (χ4v) is 2.23. The summed E-state index contributed by atoms with van der Waals surface area (Å²) in [7, 11) is 0. The Morgan fingerprint density at radius 1 is 1.31 bits per heavy atom. The van der Waals surface area contributed by atoms with E-state index in [1.54, 1.807) is 0 Å². The molecule has 2 atom stereocenters. The van der Waals surface area contributed by atoms with Crippen LogP contribution < -0.4 is 0 Å². The molecule has 1 saturated heterocycles. The molecule has 2 fully saturated rings. The van der Waals surface area contributed by atoms with Crippen LogP contribution in [0.15, 0.2) is 0 Å². The second-order valence-corrected chi connectivity index (χ2v) is 4.30. The van der Waals surface area contributed by atoms with Crippen molar-refractivity contribution >= 4 is 5.97 Å².